The fourth-order valence-electron chi connectivity index (χ4n) is 3.47. The summed E-state index contributed by atoms with van der Waals surface area (Å²) in [7, 11) is 1.85. The average molecular weight is 434 g/mol. The number of amides is 1. The van der Waals surface area contributed by atoms with Gasteiger partial charge in [0.25, 0.3) is 0 Å². The van der Waals surface area contributed by atoms with Gasteiger partial charge >= 0.3 is 0 Å². The van der Waals surface area contributed by atoms with Crippen LogP contribution in [0.4, 0.5) is 5.82 Å². The molecule has 3 aromatic carbocycles. The molecule has 0 unspecified atom stereocenters. The molecular weight excluding hydrogens is 414 g/mol. The highest BCUT2D eigenvalue weighted by molar-refractivity contribution is 9.10. The summed E-state index contributed by atoms with van der Waals surface area (Å²) in [5.74, 6) is 0.655. The fourth-order valence-corrected chi connectivity index (χ4v) is 3.74. The van der Waals surface area contributed by atoms with Gasteiger partial charge in [-0.25, -0.2) is 0 Å². The highest BCUT2D eigenvalue weighted by atomic mass is 79.9. The molecule has 140 valence electrons. The number of halogens is 1. The minimum absolute atomic E-state index is 0.0587. The molecule has 28 heavy (non-hydrogen) atoms. The Bertz CT molecular complexity index is 1160. The minimum atomic E-state index is -0.0587. The zero-order chi connectivity index (χ0) is 19.7. The van der Waals surface area contributed by atoms with Crippen LogP contribution >= 0.6 is 15.9 Å². The largest absolute Gasteiger partial charge is 0.310 e. The Morgan fingerprint density at radius 2 is 1.75 bits per heavy atom. The number of nitrogens with one attached hydrogen (secondary N) is 1. The normalized spacial score (nSPS) is 11.0. The average Bonchev–Trinajstić information content (AvgIpc) is 2.95. The molecule has 0 aliphatic heterocycles. The molecule has 0 saturated heterocycles. The number of fused-ring (bicyclic) bond motifs is 1. The van der Waals surface area contributed by atoms with Crippen LogP contribution in [0.3, 0.4) is 0 Å². The van der Waals surface area contributed by atoms with Gasteiger partial charge in [-0.2, -0.15) is 5.10 Å². The Morgan fingerprint density at radius 3 is 2.50 bits per heavy atom. The van der Waals surface area contributed by atoms with Crippen LogP contribution in [0.2, 0.25) is 0 Å². The van der Waals surface area contributed by atoms with Gasteiger partial charge in [0.2, 0.25) is 5.91 Å². The summed E-state index contributed by atoms with van der Waals surface area (Å²) in [6.45, 7) is 1.95. The maximum absolute atomic E-state index is 12.8. The number of carbonyl (C=O) groups is 1. The number of hydrogen-bond acceptors (Lipinski definition) is 2. The van der Waals surface area contributed by atoms with Crippen LogP contribution in [-0.4, -0.2) is 15.7 Å². The van der Waals surface area contributed by atoms with Crippen molar-refractivity contribution in [3.8, 4) is 11.1 Å². The lowest BCUT2D eigenvalue weighted by Crippen LogP contribution is -2.17. The maximum atomic E-state index is 12.8. The number of aromatic nitrogens is 2. The highest BCUT2D eigenvalue weighted by Crippen LogP contribution is 2.32. The summed E-state index contributed by atoms with van der Waals surface area (Å²) < 4.78 is 2.74. The predicted octanol–water partition coefficient (Wildman–Crippen LogP) is 5.49. The second kappa shape index (κ2) is 7.60. The number of hydrogen-bond donors (Lipinski definition) is 1. The third kappa shape index (κ3) is 3.71. The first kappa shape index (κ1) is 18.4. The molecule has 0 spiro atoms. The van der Waals surface area contributed by atoms with E-state index in [0.29, 0.717) is 12.2 Å². The molecule has 0 fully saturated rings. The lowest BCUT2D eigenvalue weighted by Gasteiger charge is -2.10. The van der Waals surface area contributed by atoms with E-state index >= 15 is 0 Å². The van der Waals surface area contributed by atoms with Crippen LogP contribution < -0.4 is 5.32 Å². The Morgan fingerprint density at radius 1 is 1.04 bits per heavy atom. The summed E-state index contributed by atoms with van der Waals surface area (Å²) in [6.07, 6.45) is 0.314. The van der Waals surface area contributed by atoms with Crippen molar-refractivity contribution in [2.45, 2.75) is 13.3 Å². The molecule has 0 bridgehead atoms. The molecule has 4 rings (SSSR count). The van der Waals surface area contributed by atoms with Crippen molar-refractivity contribution in [2.75, 3.05) is 5.32 Å². The van der Waals surface area contributed by atoms with Crippen LogP contribution in [0, 0.1) is 6.92 Å². The lowest BCUT2D eigenvalue weighted by molar-refractivity contribution is -0.115. The Hall–Kier alpha value is -2.92. The molecule has 4 nitrogen and oxygen atoms in total. The first-order chi connectivity index (χ1) is 13.5. The molecule has 0 saturated carbocycles. The fraction of sp³-hybridized carbons (Fsp3) is 0.130. The van der Waals surface area contributed by atoms with Gasteiger partial charge in [0.15, 0.2) is 0 Å². The zero-order valence-electron chi connectivity index (χ0n) is 15.7. The zero-order valence-corrected chi connectivity index (χ0v) is 17.3. The van der Waals surface area contributed by atoms with E-state index in [0.717, 1.165) is 32.2 Å². The summed E-state index contributed by atoms with van der Waals surface area (Å²) in [4.78, 5) is 12.8. The molecule has 0 aliphatic rings. The number of anilines is 1. The van der Waals surface area contributed by atoms with Gasteiger partial charge in [0, 0.05) is 17.1 Å². The first-order valence-corrected chi connectivity index (χ1v) is 9.87. The number of nitrogens with zero attached hydrogens (tertiary/aromatic N) is 2. The van der Waals surface area contributed by atoms with Crippen molar-refractivity contribution in [3.05, 3.63) is 82.5 Å². The smallest absolute Gasteiger partial charge is 0.229 e. The van der Waals surface area contributed by atoms with Crippen LogP contribution in [0.1, 0.15) is 11.3 Å². The second-order valence-electron chi connectivity index (χ2n) is 6.85. The standard InChI is InChI=1S/C23H20BrN3O/c1-15-22(18-9-11-20(24)12-10-18)23(27(2)26-15)25-21(28)14-16-7-8-17-5-3-4-6-19(17)13-16/h3-13H,14H2,1-2H3,(H,25,28). The molecule has 1 amide bonds. The second-order valence-corrected chi connectivity index (χ2v) is 7.76. The van der Waals surface area contributed by atoms with Crippen molar-refractivity contribution in [1.82, 2.24) is 9.78 Å². The molecule has 5 heteroatoms. The Balaban J connectivity index is 1.59. The van der Waals surface area contributed by atoms with E-state index in [1.165, 1.54) is 5.39 Å². The SMILES string of the molecule is Cc1nn(C)c(NC(=O)Cc2ccc3ccccc3c2)c1-c1ccc(Br)cc1. The summed E-state index contributed by atoms with van der Waals surface area (Å²) in [5.41, 5.74) is 3.84. The molecule has 4 aromatic rings. The van der Waals surface area contributed by atoms with E-state index in [4.69, 9.17) is 0 Å². The van der Waals surface area contributed by atoms with Crippen molar-refractivity contribution >= 4 is 38.4 Å². The van der Waals surface area contributed by atoms with Gasteiger partial charge in [0.1, 0.15) is 5.82 Å². The van der Waals surface area contributed by atoms with E-state index in [1.54, 1.807) is 4.68 Å². The lowest BCUT2D eigenvalue weighted by atomic mass is 10.0. The maximum Gasteiger partial charge on any atom is 0.229 e. The summed E-state index contributed by atoms with van der Waals surface area (Å²) in [6, 6.07) is 22.3. The van der Waals surface area contributed by atoms with Crippen molar-refractivity contribution in [3.63, 3.8) is 0 Å². The third-order valence-corrected chi connectivity index (χ3v) is 5.32. The monoisotopic (exact) mass is 433 g/mol. The van der Waals surface area contributed by atoms with Crippen molar-refractivity contribution < 1.29 is 4.79 Å². The topological polar surface area (TPSA) is 46.9 Å². The van der Waals surface area contributed by atoms with Crippen LogP contribution in [0.5, 0.6) is 0 Å². The number of aryl methyl sites for hydroxylation is 2. The summed E-state index contributed by atoms with van der Waals surface area (Å²) in [5, 5.41) is 9.87. The number of benzene rings is 3. The summed E-state index contributed by atoms with van der Waals surface area (Å²) >= 11 is 3.46. The Labute approximate surface area is 172 Å². The molecule has 0 radical (unpaired) electrons. The Kier molecular flexibility index (Phi) is 5.01. The minimum Gasteiger partial charge on any atom is -0.310 e. The van der Waals surface area contributed by atoms with Crippen LogP contribution in [-0.2, 0) is 18.3 Å². The molecular formula is C23H20BrN3O. The molecule has 1 heterocycles. The van der Waals surface area contributed by atoms with Gasteiger partial charge in [-0.3, -0.25) is 9.48 Å². The molecule has 1 N–H and O–H groups in total. The van der Waals surface area contributed by atoms with Gasteiger partial charge in [-0.05, 0) is 41.0 Å². The van der Waals surface area contributed by atoms with E-state index in [1.807, 2.05) is 56.4 Å². The van der Waals surface area contributed by atoms with Crippen molar-refractivity contribution in [2.24, 2.45) is 7.05 Å². The molecule has 0 atom stereocenters. The highest BCUT2D eigenvalue weighted by Gasteiger charge is 2.17. The van der Waals surface area contributed by atoms with E-state index in [-0.39, 0.29) is 5.91 Å². The van der Waals surface area contributed by atoms with Gasteiger partial charge in [-0.1, -0.05) is 70.5 Å². The van der Waals surface area contributed by atoms with Gasteiger partial charge in [0.05, 0.1) is 12.1 Å². The third-order valence-electron chi connectivity index (χ3n) is 4.79. The molecule has 0 aliphatic carbocycles. The number of carbonyl (C=O) groups excluding carboxylic acids is 1. The predicted molar refractivity (Wildman–Crippen MR) is 117 cm³/mol. The molecule has 1 aromatic heterocycles. The van der Waals surface area contributed by atoms with Crippen LogP contribution in [0.15, 0.2) is 71.2 Å². The first-order valence-electron chi connectivity index (χ1n) is 9.08. The van der Waals surface area contributed by atoms with Crippen molar-refractivity contribution in [1.29, 1.82) is 0 Å². The number of rotatable bonds is 4. The van der Waals surface area contributed by atoms with Crippen LogP contribution in [0.25, 0.3) is 21.9 Å². The quantitative estimate of drug-likeness (QED) is 0.462. The van der Waals surface area contributed by atoms with E-state index < -0.39 is 0 Å². The van der Waals surface area contributed by atoms with Gasteiger partial charge < -0.3 is 5.32 Å². The van der Waals surface area contributed by atoms with E-state index in [9.17, 15) is 4.79 Å². The van der Waals surface area contributed by atoms with Gasteiger partial charge in [-0.15, -0.1) is 0 Å². The van der Waals surface area contributed by atoms with E-state index in [2.05, 4.69) is 50.6 Å².